The molecule has 0 spiro atoms. The van der Waals surface area contributed by atoms with Crippen molar-refractivity contribution in [2.75, 3.05) is 5.75 Å². The largest absolute Gasteiger partial charge is 0.320 e. The molecule has 21 heavy (non-hydrogen) atoms. The Bertz CT molecular complexity index is 705. The third-order valence-electron chi connectivity index (χ3n) is 3.16. The van der Waals surface area contributed by atoms with Crippen molar-refractivity contribution in [3.63, 3.8) is 0 Å². The third-order valence-corrected chi connectivity index (χ3v) is 4.10. The van der Waals surface area contributed by atoms with Gasteiger partial charge in [-0.1, -0.05) is 66.4 Å². The average Bonchev–Trinajstić information content (AvgIpc) is 2.93. The van der Waals surface area contributed by atoms with Gasteiger partial charge in [-0.2, -0.15) is 0 Å². The first-order valence-electron chi connectivity index (χ1n) is 6.56. The molecule has 1 saturated heterocycles. The molecule has 0 aliphatic carbocycles. The molecule has 1 amide bonds. The van der Waals surface area contributed by atoms with E-state index >= 15 is 0 Å². The van der Waals surface area contributed by atoms with Crippen molar-refractivity contribution >= 4 is 23.5 Å². The van der Waals surface area contributed by atoms with Gasteiger partial charge in [0.25, 0.3) is 0 Å². The third kappa shape index (κ3) is 3.23. The van der Waals surface area contributed by atoms with Gasteiger partial charge in [0.05, 0.1) is 10.8 Å². The van der Waals surface area contributed by atoms with Gasteiger partial charge in [-0.25, -0.2) is 0 Å². The topological polar surface area (TPSA) is 46.2 Å². The summed E-state index contributed by atoms with van der Waals surface area (Å²) in [5.74, 6) is 0.226. The number of carbonyl (C=O) groups excluding carboxylic acids is 2. The fourth-order valence-electron chi connectivity index (χ4n) is 2.09. The maximum absolute atomic E-state index is 12.1. The Morgan fingerprint density at radius 1 is 1.00 bits per heavy atom. The summed E-state index contributed by atoms with van der Waals surface area (Å²) in [6, 6.07) is 17.5. The van der Waals surface area contributed by atoms with Crippen LogP contribution in [0.1, 0.15) is 10.4 Å². The van der Waals surface area contributed by atoms with Crippen molar-refractivity contribution in [3.05, 3.63) is 71.3 Å². The van der Waals surface area contributed by atoms with E-state index in [1.54, 1.807) is 0 Å². The molecular weight excluding hydrogens is 282 g/mol. The smallest absolute Gasteiger partial charge is 0.235 e. The number of amides is 1. The highest BCUT2D eigenvalue weighted by atomic mass is 32.2. The highest BCUT2D eigenvalue weighted by Crippen LogP contribution is 2.21. The standard InChI is InChI=1S/C17H13NO2S/c19-15(10-17-18-16(20)11-21-17)14-8-6-13(7-9-14)12-4-2-1-3-5-12/h1-10H,11H2,(H,18,20)/b17-10-. The molecule has 1 N–H and O–H groups in total. The zero-order chi connectivity index (χ0) is 14.7. The van der Waals surface area contributed by atoms with Crippen molar-refractivity contribution in [1.29, 1.82) is 0 Å². The SMILES string of the molecule is O=C1CS/C(=C\C(=O)c2ccc(-c3ccccc3)cc2)N1. The van der Waals surface area contributed by atoms with Gasteiger partial charge in [-0.3, -0.25) is 9.59 Å². The summed E-state index contributed by atoms with van der Waals surface area (Å²) < 4.78 is 0. The lowest BCUT2D eigenvalue weighted by atomic mass is 10.0. The Morgan fingerprint density at radius 3 is 2.29 bits per heavy atom. The summed E-state index contributed by atoms with van der Waals surface area (Å²) in [6.45, 7) is 0. The Balaban J connectivity index is 1.78. The summed E-state index contributed by atoms with van der Waals surface area (Å²) in [5.41, 5.74) is 2.81. The summed E-state index contributed by atoms with van der Waals surface area (Å²) >= 11 is 1.35. The van der Waals surface area contributed by atoms with E-state index in [2.05, 4.69) is 5.32 Å². The predicted octanol–water partition coefficient (Wildman–Crippen LogP) is 3.24. The van der Waals surface area contributed by atoms with E-state index in [9.17, 15) is 9.59 Å². The van der Waals surface area contributed by atoms with E-state index in [1.165, 1.54) is 17.8 Å². The quantitative estimate of drug-likeness (QED) is 0.698. The van der Waals surface area contributed by atoms with E-state index < -0.39 is 0 Å². The number of nitrogens with one attached hydrogen (secondary N) is 1. The van der Waals surface area contributed by atoms with Crippen molar-refractivity contribution in [3.8, 4) is 11.1 Å². The van der Waals surface area contributed by atoms with Crippen LogP contribution in [0, 0.1) is 0 Å². The predicted molar refractivity (Wildman–Crippen MR) is 84.9 cm³/mol. The first-order valence-corrected chi connectivity index (χ1v) is 7.55. The van der Waals surface area contributed by atoms with Gasteiger partial charge >= 0.3 is 0 Å². The second-order valence-electron chi connectivity index (χ2n) is 4.65. The lowest BCUT2D eigenvalue weighted by Gasteiger charge is -2.03. The fraction of sp³-hybridized carbons (Fsp3) is 0.0588. The fourth-order valence-corrected chi connectivity index (χ4v) is 2.83. The number of benzene rings is 2. The Labute approximate surface area is 127 Å². The van der Waals surface area contributed by atoms with Crippen LogP contribution in [-0.2, 0) is 4.79 Å². The molecule has 3 rings (SSSR count). The zero-order valence-corrected chi connectivity index (χ0v) is 12.0. The maximum atomic E-state index is 12.1. The second kappa shape index (κ2) is 5.97. The van der Waals surface area contributed by atoms with Crippen LogP contribution < -0.4 is 5.32 Å². The highest BCUT2D eigenvalue weighted by molar-refractivity contribution is 8.04. The number of rotatable bonds is 3. The van der Waals surface area contributed by atoms with Gasteiger partial charge in [0.15, 0.2) is 5.78 Å². The van der Waals surface area contributed by atoms with Crippen LogP contribution in [0.3, 0.4) is 0 Å². The lowest BCUT2D eigenvalue weighted by molar-refractivity contribution is -0.117. The molecule has 4 heteroatoms. The lowest BCUT2D eigenvalue weighted by Crippen LogP contribution is -2.14. The minimum atomic E-state index is -0.0979. The molecule has 2 aromatic carbocycles. The van der Waals surface area contributed by atoms with Gasteiger partial charge in [0, 0.05) is 11.6 Å². The van der Waals surface area contributed by atoms with Crippen molar-refractivity contribution in [1.82, 2.24) is 5.32 Å². The van der Waals surface area contributed by atoms with Crippen LogP contribution in [-0.4, -0.2) is 17.4 Å². The van der Waals surface area contributed by atoms with Crippen LogP contribution in [0.25, 0.3) is 11.1 Å². The van der Waals surface area contributed by atoms with Crippen LogP contribution in [0.5, 0.6) is 0 Å². The number of thioether (sulfide) groups is 1. The first kappa shape index (κ1) is 13.6. The highest BCUT2D eigenvalue weighted by Gasteiger charge is 2.16. The minimum absolute atomic E-state index is 0.0570. The van der Waals surface area contributed by atoms with Gasteiger partial charge in [-0.05, 0) is 11.1 Å². The Kier molecular flexibility index (Phi) is 3.88. The van der Waals surface area contributed by atoms with Crippen LogP contribution >= 0.6 is 11.8 Å². The molecule has 1 aliphatic rings. The van der Waals surface area contributed by atoms with Gasteiger partial charge in [0.1, 0.15) is 0 Å². The molecule has 1 fully saturated rings. The van der Waals surface area contributed by atoms with Crippen molar-refractivity contribution in [2.45, 2.75) is 0 Å². The number of hydrogen-bond donors (Lipinski definition) is 1. The normalized spacial score (nSPS) is 16.0. The van der Waals surface area contributed by atoms with Gasteiger partial charge in [-0.15, -0.1) is 0 Å². The maximum Gasteiger partial charge on any atom is 0.235 e. The van der Waals surface area contributed by atoms with E-state index in [0.717, 1.165) is 11.1 Å². The first-order chi connectivity index (χ1) is 10.2. The molecule has 0 bridgehead atoms. The molecule has 0 aromatic heterocycles. The number of ketones is 1. The Morgan fingerprint density at radius 2 is 1.67 bits per heavy atom. The molecule has 1 aliphatic heterocycles. The molecule has 2 aromatic rings. The van der Waals surface area contributed by atoms with Crippen molar-refractivity contribution in [2.24, 2.45) is 0 Å². The number of allylic oxidation sites excluding steroid dienone is 1. The molecule has 0 atom stereocenters. The molecule has 3 nitrogen and oxygen atoms in total. The monoisotopic (exact) mass is 295 g/mol. The second-order valence-corrected chi connectivity index (χ2v) is 5.67. The molecular formula is C17H13NO2S. The summed E-state index contributed by atoms with van der Waals surface area (Å²) in [7, 11) is 0. The van der Waals surface area contributed by atoms with Gasteiger partial charge < -0.3 is 5.32 Å². The van der Waals surface area contributed by atoms with E-state index in [1.807, 2.05) is 54.6 Å². The van der Waals surface area contributed by atoms with Crippen LogP contribution in [0.2, 0.25) is 0 Å². The molecule has 0 saturated carbocycles. The van der Waals surface area contributed by atoms with Crippen LogP contribution in [0.4, 0.5) is 0 Å². The molecule has 0 radical (unpaired) electrons. The van der Waals surface area contributed by atoms with Crippen LogP contribution in [0.15, 0.2) is 65.7 Å². The zero-order valence-electron chi connectivity index (χ0n) is 11.2. The van der Waals surface area contributed by atoms with E-state index in [4.69, 9.17) is 0 Å². The molecule has 0 unspecified atom stereocenters. The van der Waals surface area contributed by atoms with E-state index in [-0.39, 0.29) is 11.7 Å². The minimum Gasteiger partial charge on any atom is -0.320 e. The summed E-state index contributed by atoms with van der Waals surface area (Å²) in [4.78, 5) is 23.2. The summed E-state index contributed by atoms with van der Waals surface area (Å²) in [6.07, 6.45) is 1.48. The van der Waals surface area contributed by atoms with E-state index in [0.29, 0.717) is 16.3 Å². The number of hydrogen-bond acceptors (Lipinski definition) is 3. The number of carbonyl (C=O) groups is 2. The average molecular weight is 295 g/mol. The summed E-state index contributed by atoms with van der Waals surface area (Å²) in [5, 5.41) is 3.28. The molecule has 1 heterocycles. The Hall–Kier alpha value is -2.33. The van der Waals surface area contributed by atoms with Gasteiger partial charge in [0.2, 0.25) is 5.91 Å². The van der Waals surface area contributed by atoms with Crippen molar-refractivity contribution < 1.29 is 9.59 Å². The molecule has 104 valence electrons.